The Morgan fingerprint density at radius 1 is 0.808 bits per heavy atom. The Hall–Kier alpha value is -1.35. The molecule has 2 amide bonds. The van der Waals surface area contributed by atoms with Gasteiger partial charge in [0.1, 0.15) is 0 Å². The minimum atomic E-state index is -3.84. The lowest BCUT2D eigenvalue weighted by Crippen LogP contribution is -2.29. The third-order valence-electron chi connectivity index (χ3n) is 3.78. The molecule has 6 nitrogen and oxygen atoms in total. The fourth-order valence-corrected chi connectivity index (χ4v) is 4.04. The summed E-state index contributed by atoms with van der Waals surface area (Å²) in [5, 5.41) is 4.50. The lowest BCUT2D eigenvalue weighted by Gasteiger charge is -2.14. The van der Waals surface area contributed by atoms with E-state index in [9.17, 15) is 18.0 Å². The number of sulfonamides is 1. The van der Waals surface area contributed by atoms with Crippen molar-refractivity contribution >= 4 is 68.2 Å². The molecule has 0 fully saturated rings. The predicted octanol–water partition coefficient (Wildman–Crippen LogP) is 3.74. The summed E-state index contributed by atoms with van der Waals surface area (Å²) in [6.45, 7) is -0.126. The normalized spacial score (nSPS) is 14.1. The molecule has 0 aliphatic carbocycles. The van der Waals surface area contributed by atoms with E-state index in [2.05, 4.69) is 0 Å². The zero-order valence-corrected chi connectivity index (χ0v) is 16.4. The topological polar surface area (TPSA) is 97.5 Å². The van der Waals surface area contributed by atoms with Crippen molar-refractivity contribution in [3.63, 3.8) is 0 Å². The number of fused-ring (bicyclic) bond motifs is 1. The summed E-state index contributed by atoms with van der Waals surface area (Å²) in [6.07, 6.45) is 0. The molecule has 0 saturated carbocycles. The molecule has 2 N–H and O–H groups in total. The molecule has 26 heavy (non-hydrogen) atoms. The SMILES string of the molecule is NS(=O)(=O)c1ccc(CN2C(=O)c3c(Cl)c(Cl)c(Cl)c(Cl)c3C2=O)cc1. The van der Waals surface area contributed by atoms with Crippen LogP contribution in [0.1, 0.15) is 26.3 Å². The van der Waals surface area contributed by atoms with E-state index in [4.69, 9.17) is 51.5 Å². The third-order valence-corrected chi connectivity index (χ3v) is 6.51. The second kappa shape index (κ2) is 6.67. The minimum absolute atomic E-state index is 0.0896. The van der Waals surface area contributed by atoms with E-state index < -0.39 is 21.8 Å². The average Bonchev–Trinajstić information content (AvgIpc) is 2.82. The van der Waals surface area contributed by atoms with Crippen molar-refractivity contribution in [3.05, 3.63) is 61.0 Å². The molecule has 2 aromatic rings. The molecule has 136 valence electrons. The van der Waals surface area contributed by atoms with Crippen LogP contribution in [0.4, 0.5) is 0 Å². The Labute approximate surface area is 168 Å². The van der Waals surface area contributed by atoms with Gasteiger partial charge in [0.05, 0.1) is 42.7 Å². The highest BCUT2D eigenvalue weighted by atomic mass is 35.5. The van der Waals surface area contributed by atoms with Crippen LogP contribution in [0.2, 0.25) is 20.1 Å². The van der Waals surface area contributed by atoms with E-state index >= 15 is 0 Å². The van der Waals surface area contributed by atoms with Crippen LogP contribution in [-0.4, -0.2) is 25.1 Å². The summed E-state index contributed by atoms with van der Waals surface area (Å²) in [7, 11) is -3.84. The number of carbonyl (C=O) groups is 2. The molecule has 0 spiro atoms. The molecule has 0 radical (unpaired) electrons. The summed E-state index contributed by atoms with van der Waals surface area (Å²) in [6, 6.07) is 5.42. The van der Waals surface area contributed by atoms with Crippen LogP contribution < -0.4 is 5.14 Å². The molecule has 1 heterocycles. The van der Waals surface area contributed by atoms with Crippen molar-refractivity contribution in [1.82, 2.24) is 4.90 Å². The molecule has 1 aliphatic rings. The van der Waals surface area contributed by atoms with Gasteiger partial charge >= 0.3 is 0 Å². The van der Waals surface area contributed by atoms with Crippen molar-refractivity contribution in [3.8, 4) is 0 Å². The highest BCUT2D eigenvalue weighted by Gasteiger charge is 2.41. The standard InChI is InChI=1S/C15H8Cl4N2O4S/c16-10-8-9(11(17)13(19)12(10)18)15(23)21(14(8)22)5-6-1-3-7(4-2-6)26(20,24)25/h1-4H,5H2,(H2,20,24,25). The van der Waals surface area contributed by atoms with Crippen molar-refractivity contribution in [1.29, 1.82) is 0 Å². The van der Waals surface area contributed by atoms with Crippen molar-refractivity contribution in [2.45, 2.75) is 11.4 Å². The van der Waals surface area contributed by atoms with Gasteiger partial charge in [-0.15, -0.1) is 0 Å². The van der Waals surface area contributed by atoms with E-state index in [1.807, 2.05) is 0 Å². The molecule has 1 aliphatic heterocycles. The number of amides is 2. The van der Waals surface area contributed by atoms with Crippen molar-refractivity contribution < 1.29 is 18.0 Å². The van der Waals surface area contributed by atoms with E-state index in [1.54, 1.807) is 0 Å². The maximum Gasteiger partial charge on any atom is 0.263 e. The van der Waals surface area contributed by atoms with Gasteiger partial charge in [-0.2, -0.15) is 0 Å². The zero-order chi connectivity index (χ0) is 19.4. The van der Waals surface area contributed by atoms with Gasteiger partial charge in [-0.3, -0.25) is 14.5 Å². The molecule has 0 unspecified atom stereocenters. The van der Waals surface area contributed by atoms with Crippen molar-refractivity contribution in [2.75, 3.05) is 0 Å². The van der Waals surface area contributed by atoms with E-state index in [0.29, 0.717) is 5.56 Å². The van der Waals surface area contributed by atoms with Gasteiger partial charge in [-0.1, -0.05) is 58.5 Å². The first-order valence-electron chi connectivity index (χ1n) is 6.88. The van der Waals surface area contributed by atoms with Crippen LogP contribution in [0, 0.1) is 0 Å². The number of carbonyl (C=O) groups excluding carboxylic acids is 2. The quantitative estimate of drug-likeness (QED) is 0.434. The number of benzene rings is 2. The number of hydrogen-bond donors (Lipinski definition) is 1. The molecule has 0 saturated heterocycles. The zero-order valence-electron chi connectivity index (χ0n) is 12.6. The van der Waals surface area contributed by atoms with Crippen LogP contribution in [0.5, 0.6) is 0 Å². The van der Waals surface area contributed by atoms with Gasteiger partial charge in [-0.05, 0) is 17.7 Å². The molecule has 3 rings (SSSR count). The number of nitrogens with two attached hydrogens (primary N) is 1. The second-order valence-corrected chi connectivity index (χ2v) is 8.46. The first-order chi connectivity index (χ1) is 12.0. The highest BCUT2D eigenvalue weighted by molar-refractivity contribution is 7.89. The maximum absolute atomic E-state index is 12.6. The van der Waals surface area contributed by atoms with Crippen LogP contribution in [0.25, 0.3) is 0 Å². The smallest absolute Gasteiger partial charge is 0.263 e. The molecular formula is C15H8Cl4N2O4S. The Kier molecular flexibility index (Phi) is 4.98. The largest absolute Gasteiger partial charge is 0.270 e. The highest BCUT2D eigenvalue weighted by Crippen LogP contribution is 2.45. The fraction of sp³-hybridized carbons (Fsp3) is 0.0667. The summed E-state index contributed by atoms with van der Waals surface area (Å²) >= 11 is 24.0. The fourth-order valence-electron chi connectivity index (χ4n) is 2.51. The number of primary sulfonamides is 1. The maximum atomic E-state index is 12.6. The lowest BCUT2D eigenvalue weighted by atomic mass is 10.1. The van der Waals surface area contributed by atoms with Gasteiger partial charge in [0, 0.05) is 0 Å². The first-order valence-corrected chi connectivity index (χ1v) is 9.93. The first kappa shape index (κ1) is 19.4. The molecule has 0 atom stereocenters. The van der Waals surface area contributed by atoms with Crippen LogP contribution in [0.15, 0.2) is 29.2 Å². The number of imide groups is 1. The molecule has 0 aromatic heterocycles. The monoisotopic (exact) mass is 452 g/mol. The van der Waals surface area contributed by atoms with E-state index in [1.165, 1.54) is 24.3 Å². The summed E-state index contributed by atoms with van der Waals surface area (Å²) in [5.74, 6) is -1.35. The number of rotatable bonds is 3. The van der Waals surface area contributed by atoms with Gasteiger partial charge in [0.2, 0.25) is 10.0 Å². The lowest BCUT2D eigenvalue weighted by molar-refractivity contribution is 0.0642. The van der Waals surface area contributed by atoms with Crippen molar-refractivity contribution in [2.24, 2.45) is 5.14 Å². The van der Waals surface area contributed by atoms with Gasteiger partial charge in [-0.25, -0.2) is 13.6 Å². The number of nitrogens with zero attached hydrogens (tertiary/aromatic N) is 1. The Balaban J connectivity index is 1.99. The summed E-state index contributed by atoms with van der Waals surface area (Å²) in [4.78, 5) is 26.1. The predicted molar refractivity (Wildman–Crippen MR) is 98.5 cm³/mol. The molecule has 0 bridgehead atoms. The van der Waals surface area contributed by atoms with Crippen LogP contribution in [-0.2, 0) is 16.6 Å². The minimum Gasteiger partial charge on any atom is -0.270 e. The van der Waals surface area contributed by atoms with E-state index in [-0.39, 0.29) is 42.7 Å². The average molecular weight is 454 g/mol. The number of hydrogen-bond acceptors (Lipinski definition) is 4. The Bertz CT molecular complexity index is 1020. The second-order valence-electron chi connectivity index (χ2n) is 5.39. The van der Waals surface area contributed by atoms with Crippen LogP contribution in [0.3, 0.4) is 0 Å². The molecule has 2 aromatic carbocycles. The molecular weight excluding hydrogens is 446 g/mol. The van der Waals surface area contributed by atoms with Gasteiger partial charge < -0.3 is 0 Å². The molecule has 11 heteroatoms. The third kappa shape index (κ3) is 3.09. The Morgan fingerprint density at radius 3 is 1.62 bits per heavy atom. The van der Waals surface area contributed by atoms with E-state index in [0.717, 1.165) is 4.90 Å². The van der Waals surface area contributed by atoms with Gasteiger partial charge in [0.15, 0.2) is 0 Å². The summed E-state index contributed by atoms with van der Waals surface area (Å²) in [5.41, 5.74) is 0.269. The van der Waals surface area contributed by atoms with Crippen LogP contribution >= 0.6 is 46.4 Å². The van der Waals surface area contributed by atoms with Gasteiger partial charge in [0.25, 0.3) is 11.8 Å². The summed E-state index contributed by atoms with van der Waals surface area (Å²) < 4.78 is 22.6. The Morgan fingerprint density at radius 2 is 1.23 bits per heavy atom. The number of halogens is 4.